The Balaban J connectivity index is 0.00000225. The van der Waals surface area contributed by atoms with Gasteiger partial charge in [0.15, 0.2) is 0 Å². The number of ether oxygens (including phenoxy) is 2. The third kappa shape index (κ3) is 4.39. The van der Waals surface area contributed by atoms with Crippen LogP contribution in [0.4, 0.5) is 13.2 Å². The highest BCUT2D eigenvalue weighted by Crippen LogP contribution is 2.22. The van der Waals surface area contributed by atoms with Gasteiger partial charge in [0.25, 0.3) is 0 Å². The highest BCUT2D eigenvalue weighted by Gasteiger charge is 2.30. The van der Waals surface area contributed by atoms with Gasteiger partial charge in [-0.15, -0.1) is 25.6 Å². The van der Waals surface area contributed by atoms with Gasteiger partial charge >= 0.3 is 6.36 Å². The number of methoxy groups -OCH3 is 1. The first kappa shape index (κ1) is 14.6. The lowest BCUT2D eigenvalue weighted by atomic mass is 10.2. The average Bonchev–Trinajstić information content (AvgIpc) is 2.15. The molecule has 0 radical (unpaired) electrons. The molecule has 1 N–H and O–H groups in total. The Morgan fingerprint density at radius 2 is 1.69 bits per heavy atom. The molecule has 16 heavy (non-hydrogen) atoms. The molecule has 0 spiro atoms. The second-order valence-corrected chi connectivity index (χ2v) is 2.61. The third-order valence-corrected chi connectivity index (χ3v) is 1.55. The number of hydrogen-bond acceptors (Lipinski definition) is 3. The fourth-order valence-electron chi connectivity index (χ4n) is 0.926. The first-order valence-corrected chi connectivity index (χ1v) is 3.91. The van der Waals surface area contributed by atoms with Gasteiger partial charge in [-0.1, -0.05) is 0 Å². The number of hydrogen-bond donors (Lipinski definition) is 1. The standard InChI is InChI=1S/C9H8F3NO2.ClH/c1-14-8(13)6-2-4-7(5-3-6)15-9(10,11)12;/h2-5,13H,1H3;1H. The van der Waals surface area contributed by atoms with E-state index in [0.29, 0.717) is 5.56 Å². The van der Waals surface area contributed by atoms with Crippen LogP contribution in [-0.4, -0.2) is 19.4 Å². The number of rotatable bonds is 2. The van der Waals surface area contributed by atoms with Crippen molar-refractivity contribution in [2.75, 3.05) is 7.11 Å². The van der Waals surface area contributed by atoms with Crippen molar-refractivity contribution in [3.05, 3.63) is 29.8 Å². The topological polar surface area (TPSA) is 42.3 Å². The summed E-state index contributed by atoms with van der Waals surface area (Å²) in [4.78, 5) is 0. The molecule has 0 fully saturated rings. The molecule has 3 nitrogen and oxygen atoms in total. The Labute approximate surface area is 96.1 Å². The van der Waals surface area contributed by atoms with E-state index in [1.165, 1.54) is 19.2 Å². The van der Waals surface area contributed by atoms with Crippen molar-refractivity contribution in [2.45, 2.75) is 6.36 Å². The van der Waals surface area contributed by atoms with E-state index in [-0.39, 0.29) is 24.1 Å². The fourth-order valence-corrected chi connectivity index (χ4v) is 0.926. The van der Waals surface area contributed by atoms with Crippen LogP contribution < -0.4 is 4.74 Å². The molecule has 0 saturated heterocycles. The number of benzene rings is 1. The van der Waals surface area contributed by atoms with Gasteiger partial charge in [-0.2, -0.15) is 0 Å². The summed E-state index contributed by atoms with van der Waals surface area (Å²) in [5.41, 5.74) is 0.382. The molecule has 7 heteroatoms. The summed E-state index contributed by atoms with van der Waals surface area (Å²) >= 11 is 0. The van der Waals surface area contributed by atoms with Gasteiger partial charge in [-0.05, 0) is 24.3 Å². The fraction of sp³-hybridized carbons (Fsp3) is 0.222. The number of halogens is 4. The van der Waals surface area contributed by atoms with E-state index in [0.717, 1.165) is 12.1 Å². The Hall–Kier alpha value is -1.43. The molecule has 0 bridgehead atoms. The summed E-state index contributed by atoms with van der Waals surface area (Å²) in [6.07, 6.45) is -4.70. The zero-order valence-corrected chi connectivity index (χ0v) is 8.98. The average molecular weight is 256 g/mol. The molecular formula is C9H9ClF3NO2. The summed E-state index contributed by atoms with van der Waals surface area (Å²) < 4.78 is 43.6. The predicted molar refractivity (Wildman–Crippen MR) is 54.2 cm³/mol. The van der Waals surface area contributed by atoms with Crippen molar-refractivity contribution < 1.29 is 22.6 Å². The molecule has 0 aliphatic rings. The van der Waals surface area contributed by atoms with Gasteiger partial charge in [0.05, 0.1) is 7.11 Å². The summed E-state index contributed by atoms with van der Waals surface area (Å²) in [5, 5.41) is 7.24. The van der Waals surface area contributed by atoms with Crippen molar-refractivity contribution in [3.8, 4) is 5.75 Å². The molecule has 1 rings (SSSR count). The number of alkyl halides is 3. The lowest BCUT2D eigenvalue weighted by Crippen LogP contribution is -2.17. The third-order valence-electron chi connectivity index (χ3n) is 1.55. The predicted octanol–water partition coefficient (Wildman–Crippen LogP) is 2.98. The molecular weight excluding hydrogens is 247 g/mol. The Kier molecular flexibility index (Phi) is 5.10. The van der Waals surface area contributed by atoms with Crippen molar-refractivity contribution in [2.24, 2.45) is 0 Å². The zero-order valence-electron chi connectivity index (χ0n) is 8.17. The van der Waals surface area contributed by atoms with Crippen LogP contribution in [0, 0.1) is 5.41 Å². The van der Waals surface area contributed by atoms with Crippen LogP contribution in [-0.2, 0) is 4.74 Å². The molecule has 0 saturated carbocycles. The monoisotopic (exact) mass is 255 g/mol. The zero-order chi connectivity index (χ0) is 11.5. The van der Waals surface area contributed by atoms with Gasteiger partial charge in [-0.3, -0.25) is 5.41 Å². The van der Waals surface area contributed by atoms with Crippen LogP contribution in [0.25, 0.3) is 0 Å². The minimum absolute atomic E-state index is 0. The van der Waals surface area contributed by atoms with Crippen molar-refractivity contribution in [1.82, 2.24) is 0 Å². The Morgan fingerprint density at radius 1 is 1.19 bits per heavy atom. The van der Waals surface area contributed by atoms with E-state index in [1.54, 1.807) is 0 Å². The minimum atomic E-state index is -4.70. The molecule has 0 heterocycles. The van der Waals surface area contributed by atoms with Gasteiger partial charge in [-0.25, -0.2) is 0 Å². The molecule has 1 aromatic carbocycles. The van der Waals surface area contributed by atoms with Gasteiger partial charge in [0, 0.05) is 5.56 Å². The molecule has 0 unspecified atom stereocenters. The highest BCUT2D eigenvalue weighted by molar-refractivity contribution is 5.91. The minimum Gasteiger partial charge on any atom is -0.481 e. The van der Waals surface area contributed by atoms with E-state index in [1.807, 2.05) is 0 Å². The molecule has 1 aromatic rings. The maximum absolute atomic E-state index is 11.8. The quantitative estimate of drug-likeness (QED) is 0.652. The van der Waals surface area contributed by atoms with Crippen LogP contribution in [0.5, 0.6) is 5.75 Å². The number of nitrogens with one attached hydrogen (secondary N) is 1. The van der Waals surface area contributed by atoms with Crippen LogP contribution >= 0.6 is 12.4 Å². The van der Waals surface area contributed by atoms with E-state index in [4.69, 9.17) is 5.41 Å². The van der Waals surface area contributed by atoms with Crippen molar-refractivity contribution >= 4 is 18.3 Å². The van der Waals surface area contributed by atoms with E-state index in [2.05, 4.69) is 9.47 Å². The highest BCUT2D eigenvalue weighted by atomic mass is 35.5. The van der Waals surface area contributed by atoms with E-state index in [9.17, 15) is 13.2 Å². The molecule has 90 valence electrons. The van der Waals surface area contributed by atoms with Crippen LogP contribution in [0.1, 0.15) is 5.56 Å². The second kappa shape index (κ2) is 5.60. The van der Waals surface area contributed by atoms with Crippen molar-refractivity contribution in [3.63, 3.8) is 0 Å². The summed E-state index contributed by atoms with van der Waals surface area (Å²) in [6.45, 7) is 0. The first-order valence-electron chi connectivity index (χ1n) is 3.91. The second-order valence-electron chi connectivity index (χ2n) is 2.61. The largest absolute Gasteiger partial charge is 0.573 e. The van der Waals surface area contributed by atoms with Crippen LogP contribution in [0.3, 0.4) is 0 Å². The summed E-state index contributed by atoms with van der Waals surface area (Å²) in [6, 6.07) is 4.87. The Morgan fingerprint density at radius 3 is 2.06 bits per heavy atom. The molecule has 0 aliphatic heterocycles. The maximum Gasteiger partial charge on any atom is 0.573 e. The van der Waals surface area contributed by atoms with Crippen LogP contribution in [0.15, 0.2) is 24.3 Å². The van der Waals surface area contributed by atoms with Gasteiger partial charge in [0.1, 0.15) is 5.75 Å². The van der Waals surface area contributed by atoms with Gasteiger partial charge in [0.2, 0.25) is 5.90 Å². The Bertz CT molecular complexity index is 351. The van der Waals surface area contributed by atoms with Gasteiger partial charge < -0.3 is 9.47 Å². The SMILES string of the molecule is COC(=N)c1ccc(OC(F)(F)F)cc1.Cl. The molecule has 0 atom stereocenters. The maximum atomic E-state index is 11.8. The van der Waals surface area contributed by atoms with Crippen molar-refractivity contribution in [1.29, 1.82) is 5.41 Å². The molecule has 0 aromatic heterocycles. The molecule has 0 aliphatic carbocycles. The first-order chi connectivity index (χ1) is 6.92. The van der Waals surface area contributed by atoms with E-state index < -0.39 is 6.36 Å². The summed E-state index contributed by atoms with van der Waals surface area (Å²) in [5.74, 6) is -0.441. The lowest BCUT2D eigenvalue weighted by molar-refractivity contribution is -0.274. The van der Waals surface area contributed by atoms with E-state index >= 15 is 0 Å². The normalized spacial score (nSPS) is 10.2. The van der Waals surface area contributed by atoms with Crippen LogP contribution in [0.2, 0.25) is 0 Å². The molecule has 0 amide bonds. The lowest BCUT2D eigenvalue weighted by Gasteiger charge is -2.09. The smallest absolute Gasteiger partial charge is 0.481 e. The summed E-state index contributed by atoms with van der Waals surface area (Å²) in [7, 11) is 1.31.